The van der Waals surface area contributed by atoms with Gasteiger partial charge in [0.05, 0.1) is 18.7 Å². The second kappa shape index (κ2) is 7.91. The summed E-state index contributed by atoms with van der Waals surface area (Å²) < 4.78 is 61.3. The number of carbonyl (C=O) groups excluding carboxylic acids is 1. The van der Waals surface area contributed by atoms with Crippen molar-refractivity contribution in [3.63, 3.8) is 0 Å². The van der Waals surface area contributed by atoms with Crippen molar-refractivity contribution < 1.29 is 27.1 Å². The molecule has 0 saturated carbocycles. The van der Waals surface area contributed by atoms with Gasteiger partial charge in [-0.05, 0) is 29.8 Å². The van der Waals surface area contributed by atoms with Gasteiger partial charge in [-0.25, -0.2) is 17.6 Å². The summed E-state index contributed by atoms with van der Waals surface area (Å²) in [6.07, 6.45) is 0.822. The van der Waals surface area contributed by atoms with E-state index in [0.29, 0.717) is 5.56 Å². The molecular formula is C21H17F4N3O2. The molecule has 1 amide bonds. The number of nitrogens with zero attached hydrogens (tertiary/aromatic N) is 3. The lowest BCUT2D eigenvalue weighted by atomic mass is 10.0. The van der Waals surface area contributed by atoms with Crippen molar-refractivity contribution in [1.82, 2.24) is 14.7 Å². The highest BCUT2D eigenvalue weighted by Gasteiger charge is 2.30. The predicted molar refractivity (Wildman–Crippen MR) is 99.5 cm³/mol. The van der Waals surface area contributed by atoms with Crippen molar-refractivity contribution in [2.75, 3.05) is 19.7 Å². The highest BCUT2D eigenvalue weighted by molar-refractivity contribution is 6.00. The third-order valence-electron chi connectivity index (χ3n) is 4.91. The lowest BCUT2D eigenvalue weighted by Crippen LogP contribution is -2.42. The van der Waals surface area contributed by atoms with Crippen LogP contribution in [0.1, 0.15) is 22.0 Å². The van der Waals surface area contributed by atoms with Gasteiger partial charge < -0.3 is 9.64 Å². The fraction of sp³-hybridized carbons (Fsp3) is 0.238. The molecule has 156 valence electrons. The van der Waals surface area contributed by atoms with Crippen molar-refractivity contribution in [3.8, 4) is 11.3 Å². The molecule has 0 bridgehead atoms. The van der Waals surface area contributed by atoms with Crippen molar-refractivity contribution in [3.05, 3.63) is 77.0 Å². The Bertz CT molecular complexity index is 1120. The first-order chi connectivity index (χ1) is 14.3. The van der Waals surface area contributed by atoms with Gasteiger partial charge in [0.25, 0.3) is 5.91 Å². The van der Waals surface area contributed by atoms with E-state index in [1.165, 1.54) is 27.9 Å². The Hall–Kier alpha value is -3.20. The number of hydrogen-bond acceptors (Lipinski definition) is 3. The fourth-order valence-corrected chi connectivity index (χ4v) is 3.44. The number of amides is 1. The van der Waals surface area contributed by atoms with Gasteiger partial charge in [-0.15, -0.1) is 0 Å². The molecule has 1 atom stereocenters. The maximum Gasteiger partial charge on any atom is 0.257 e. The van der Waals surface area contributed by atoms with E-state index in [1.807, 2.05) is 0 Å². The Labute approximate surface area is 169 Å². The van der Waals surface area contributed by atoms with E-state index in [2.05, 4.69) is 5.10 Å². The largest absolute Gasteiger partial charge is 0.370 e. The van der Waals surface area contributed by atoms with Crippen LogP contribution in [0, 0.1) is 23.3 Å². The van der Waals surface area contributed by atoms with Gasteiger partial charge in [-0.3, -0.25) is 9.48 Å². The molecule has 1 aliphatic heterocycles. The molecule has 1 unspecified atom stereocenters. The van der Waals surface area contributed by atoms with Gasteiger partial charge in [-0.1, -0.05) is 6.07 Å². The van der Waals surface area contributed by atoms with E-state index in [1.54, 1.807) is 7.05 Å². The topological polar surface area (TPSA) is 47.4 Å². The normalized spacial score (nSPS) is 16.7. The maximum absolute atomic E-state index is 14.3. The summed E-state index contributed by atoms with van der Waals surface area (Å²) >= 11 is 0. The lowest BCUT2D eigenvalue weighted by Gasteiger charge is -2.33. The van der Waals surface area contributed by atoms with Crippen molar-refractivity contribution >= 4 is 5.91 Å². The van der Waals surface area contributed by atoms with E-state index in [-0.39, 0.29) is 36.5 Å². The van der Waals surface area contributed by atoms with Crippen LogP contribution in [0.2, 0.25) is 0 Å². The van der Waals surface area contributed by atoms with E-state index in [9.17, 15) is 22.4 Å². The second-order valence-electron chi connectivity index (χ2n) is 6.97. The summed E-state index contributed by atoms with van der Waals surface area (Å²) in [4.78, 5) is 14.7. The van der Waals surface area contributed by atoms with Gasteiger partial charge in [0.1, 0.15) is 23.4 Å². The van der Waals surface area contributed by atoms with Crippen molar-refractivity contribution in [2.45, 2.75) is 6.10 Å². The maximum atomic E-state index is 14.3. The zero-order valence-electron chi connectivity index (χ0n) is 15.9. The number of aryl methyl sites for hydroxylation is 1. The lowest BCUT2D eigenvalue weighted by molar-refractivity contribution is -0.0229. The van der Waals surface area contributed by atoms with E-state index in [0.717, 1.165) is 24.3 Å². The van der Waals surface area contributed by atoms with Crippen LogP contribution in [0.3, 0.4) is 0 Å². The third kappa shape index (κ3) is 3.80. The Kier molecular flexibility index (Phi) is 5.29. The number of ether oxygens (including phenoxy) is 1. The van der Waals surface area contributed by atoms with E-state index >= 15 is 0 Å². The van der Waals surface area contributed by atoms with Crippen LogP contribution in [0.25, 0.3) is 11.3 Å². The SMILES string of the molecule is Cn1cc(C(=O)N2CCOC(c3ccc(F)c(F)c3)C2)c(-c2ccc(F)cc2F)n1. The van der Waals surface area contributed by atoms with Crippen LogP contribution in [-0.2, 0) is 11.8 Å². The number of benzene rings is 2. The smallest absolute Gasteiger partial charge is 0.257 e. The van der Waals surface area contributed by atoms with Gasteiger partial charge in [0, 0.05) is 31.4 Å². The van der Waals surface area contributed by atoms with Crippen LogP contribution in [0.15, 0.2) is 42.6 Å². The molecule has 5 nitrogen and oxygen atoms in total. The predicted octanol–water partition coefficient (Wildman–Crippen LogP) is 3.86. The third-order valence-corrected chi connectivity index (χ3v) is 4.91. The van der Waals surface area contributed by atoms with Crippen LogP contribution in [0.4, 0.5) is 17.6 Å². The first-order valence-corrected chi connectivity index (χ1v) is 9.18. The number of carbonyl (C=O) groups is 1. The van der Waals surface area contributed by atoms with Crippen molar-refractivity contribution in [1.29, 1.82) is 0 Å². The molecule has 2 heterocycles. The molecule has 0 aliphatic carbocycles. The Morgan fingerprint density at radius 3 is 2.60 bits per heavy atom. The Balaban J connectivity index is 1.62. The number of halogens is 4. The molecule has 9 heteroatoms. The fourth-order valence-electron chi connectivity index (χ4n) is 3.44. The standard InChI is InChI=1S/C21H17F4N3O2/c1-27-10-15(20(26-27)14-4-3-13(22)9-17(14)24)21(29)28-6-7-30-19(11-28)12-2-5-16(23)18(25)8-12/h2-5,8-10,19H,6-7,11H2,1H3. The molecule has 0 radical (unpaired) electrons. The van der Waals surface area contributed by atoms with Crippen LogP contribution in [-0.4, -0.2) is 40.3 Å². The number of morpholine rings is 1. The first-order valence-electron chi connectivity index (χ1n) is 9.18. The van der Waals surface area contributed by atoms with Gasteiger partial charge in [-0.2, -0.15) is 5.10 Å². The average molecular weight is 419 g/mol. The molecule has 1 saturated heterocycles. The molecule has 30 heavy (non-hydrogen) atoms. The highest BCUT2D eigenvalue weighted by Crippen LogP contribution is 2.29. The monoisotopic (exact) mass is 419 g/mol. The Morgan fingerprint density at radius 2 is 1.87 bits per heavy atom. The second-order valence-corrected chi connectivity index (χ2v) is 6.97. The summed E-state index contributed by atoms with van der Waals surface area (Å²) in [6.45, 7) is 0.555. The van der Waals surface area contributed by atoms with Gasteiger partial charge in [0.2, 0.25) is 0 Å². The van der Waals surface area contributed by atoms with Gasteiger partial charge in [0.15, 0.2) is 11.6 Å². The molecule has 3 aromatic rings. The van der Waals surface area contributed by atoms with Crippen LogP contribution >= 0.6 is 0 Å². The van der Waals surface area contributed by atoms with Crippen LogP contribution in [0.5, 0.6) is 0 Å². The summed E-state index contributed by atoms with van der Waals surface area (Å²) in [6, 6.07) is 6.50. The molecule has 1 aliphatic rings. The quantitative estimate of drug-likeness (QED) is 0.606. The number of rotatable bonds is 3. The molecule has 4 rings (SSSR count). The molecule has 2 aromatic carbocycles. The molecule has 1 fully saturated rings. The molecule has 1 aromatic heterocycles. The highest BCUT2D eigenvalue weighted by atomic mass is 19.2. The summed E-state index contributed by atoms with van der Waals surface area (Å²) in [7, 11) is 1.59. The Morgan fingerprint density at radius 1 is 1.07 bits per heavy atom. The number of aromatic nitrogens is 2. The van der Waals surface area contributed by atoms with E-state index < -0.39 is 35.3 Å². The average Bonchev–Trinajstić information content (AvgIpc) is 3.11. The van der Waals surface area contributed by atoms with E-state index in [4.69, 9.17) is 4.74 Å². The molecular weight excluding hydrogens is 402 g/mol. The summed E-state index contributed by atoms with van der Waals surface area (Å²) in [5, 5.41) is 4.17. The van der Waals surface area contributed by atoms with Crippen molar-refractivity contribution in [2.24, 2.45) is 7.05 Å². The minimum atomic E-state index is -0.999. The minimum absolute atomic E-state index is 0.00534. The first kappa shape index (κ1) is 20.1. The molecule has 0 spiro atoms. The minimum Gasteiger partial charge on any atom is -0.370 e. The molecule has 0 N–H and O–H groups in total. The summed E-state index contributed by atoms with van der Waals surface area (Å²) in [5.41, 5.74) is 0.651. The number of hydrogen-bond donors (Lipinski definition) is 0. The zero-order chi connectivity index (χ0) is 21.4. The van der Waals surface area contributed by atoms with Crippen LogP contribution < -0.4 is 0 Å². The summed E-state index contributed by atoms with van der Waals surface area (Å²) in [5.74, 6) is -3.95. The zero-order valence-corrected chi connectivity index (χ0v) is 15.9. The van der Waals surface area contributed by atoms with Gasteiger partial charge >= 0.3 is 0 Å².